The molecule has 0 bridgehead atoms. The predicted molar refractivity (Wildman–Crippen MR) is 73.8 cm³/mol. The topological polar surface area (TPSA) is 51.4 Å². The Hall–Kier alpha value is -1.13. The number of hydrogen-bond donors (Lipinski definition) is 1. The molecular formula is C14H23N3O. The molecule has 1 unspecified atom stereocenters. The monoisotopic (exact) mass is 249 g/mol. The molecule has 1 aromatic heterocycles. The summed E-state index contributed by atoms with van der Waals surface area (Å²) in [5.74, 6) is 1.01. The third kappa shape index (κ3) is 2.82. The van der Waals surface area contributed by atoms with Crippen molar-refractivity contribution in [3.05, 3.63) is 22.9 Å². The minimum Gasteiger partial charge on any atom is -0.376 e. The zero-order chi connectivity index (χ0) is 13.1. The number of nitrogens with two attached hydrogens (primary N) is 1. The Morgan fingerprint density at radius 1 is 1.50 bits per heavy atom. The van der Waals surface area contributed by atoms with E-state index in [0.717, 1.165) is 36.6 Å². The van der Waals surface area contributed by atoms with Crippen molar-refractivity contribution in [2.24, 2.45) is 5.73 Å². The molecule has 0 amide bonds. The molecule has 18 heavy (non-hydrogen) atoms. The van der Waals surface area contributed by atoms with Crippen molar-refractivity contribution in [3.8, 4) is 0 Å². The van der Waals surface area contributed by atoms with Gasteiger partial charge in [0, 0.05) is 38.0 Å². The Morgan fingerprint density at radius 2 is 2.28 bits per heavy atom. The van der Waals surface area contributed by atoms with Gasteiger partial charge in [0.25, 0.3) is 0 Å². The van der Waals surface area contributed by atoms with Gasteiger partial charge in [-0.2, -0.15) is 0 Å². The SMILES string of the molecule is Cc1cc(C)c(CN)c(N(C)CC2CCCO2)n1. The summed E-state index contributed by atoms with van der Waals surface area (Å²) in [7, 11) is 2.07. The molecule has 1 aromatic rings. The van der Waals surface area contributed by atoms with Crippen LogP contribution in [0, 0.1) is 13.8 Å². The maximum absolute atomic E-state index is 5.85. The van der Waals surface area contributed by atoms with Gasteiger partial charge in [-0.3, -0.25) is 0 Å². The number of rotatable bonds is 4. The van der Waals surface area contributed by atoms with Crippen LogP contribution in [0.4, 0.5) is 5.82 Å². The maximum atomic E-state index is 5.85. The highest BCUT2D eigenvalue weighted by atomic mass is 16.5. The highest BCUT2D eigenvalue weighted by Gasteiger charge is 2.20. The fourth-order valence-corrected chi connectivity index (χ4v) is 2.59. The molecule has 0 spiro atoms. The summed E-state index contributed by atoms with van der Waals surface area (Å²) in [6.07, 6.45) is 2.65. The van der Waals surface area contributed by atoms with Crippen LogP contribution in [-0.4, -0.2) is 31.3 Å². The lowest BCUT2D eigenvalue weighted by Crippen LogP contribution is -2.30. The van der Waals surface area contributed by atoms with Gasteiger partial charge in [0.05, 0.1) is 6.10 Å². The van der Waals surface area contributed by atoms with Crippen molar-refractivity contribution in [3.63, 3.8) is 0 Å². The van der Waals surface area contributed by atoms with Crippen LogP contribution in [0.2, 0.25) is 0 Å². The Kier molecular flexibility index (Phi) is 4.19. The van der Waals surface area contributed by atoms with E-state index >= 15 is 0 Å². The first-order chi connectivity index (χ1) is 8.61. The first kappa shape index (κ1) is 13.3. The molecule has 1 aliphatic rings. The number of nitrogens with zero attached hydrogens (tertiary/aromatic N) is 2. The van der Waals surface area contributed by atoms with E-state index < -0.39 is 0 Å². The van der Waals surface area contributed by atoms with E-state index in [1.165, 1.54) is 12.0 Å². The number of hydrogen-bond acceptors (Lipinski definition) is 4. The molecule has 1 saturated heterocycles. The summed E-state index contributed by atoms with van der Waals surface area (Å²) in [6, 6.07) is 2.09. The van der Waals surface area contributed by atoms with E-state index in [1.54, 1.807) is 0 Å². The molecule has 2 N–H and O–H groups in total. The normalized spacial score (nSPS) is 19.2. The van der Waals surface area contributed by atoms with Crippen LogP contribution in [0.5, 0.6) is 0 Å². The molecule has 2 rings (SSSR count). The minimum absolute atomic E-state index is 0.336. The summed E-state index contributed by atoms with van der Waals surface area (Å²) in [6.45, 7) is 6.44. The second kappa shape index (κ2) is 5.67. The lowest BCUT2D eigenvalue weighted by molar-refractivity contribution is 0.116. The van der Waals surface area contributed by atoms with E-state index in [-0.39, 0.29) is 0 Å². The van der Waals surface area contributed by atoms with E-state index in [0.29, 0.717) is 12.6 Å². The third-order valence-electron chi connectivity index (χ3n) is 3.52. The Labute approximate surface area is 109 Å². The summed E-state index contributed by atoms with van der Waals surface area (Å²) in [5, 5.41) is 0. The molecule has 1 aliphatic heterocycles. The number of aryl methyl sites for hydroxylation is 2. The zero-order valence-electron chi connectivity index (χ0n) is 11.6. The van der Waals surface area contributed by atoms with Gasteiger partial charge in [-0.05, 0) is 38.3 Å². The number of ether oxygens (including phenoxy) is 1. The predicted octanol–water partition coefficient (Wildman–Crippen LogP) is 1.77. The van der Waals surface area contributed by atoms with Gasteiger partial charge in [-0.15, -0.1) is 0 Å². The van der Waals surface area contributed by atoms with E-state index in [2.05, 4.69) is 29.9 Å². The van der Waals surface area contributed by atoms with Crippen LogP contribution in [0.15, 0.2) is 6.07 Å². The second-order valence-corrected chi connectivity index (χ2v) is 5.10. The van der Waals surface area contributed by atoms with E-state index in [9.17, 15) is 0 Å². The van der Waals surface area contributed by atoms with Gasteiger partial charge in [0.1, 0.15) is 5.82 Å². The van der Waals surface area contributed by atoms with Crippen LogP contribution in [0.3, 0.4) is 0 Å². The molecule has 0 aliphatic carbocycles. The average Bonchev–Trinajstić information content (AvgIpc) is 2.80. The molecular weight excluding hydrogens is 226 g/mol. The number of aromatic nitrogens is 1. The lowest BCUT2D eigenvalue weighted by atomic mass is 10.1. The number of pyridine rings is 1. The van der Waals surface area contributed by atoms with Gasteiger partial charge in [-0.1, -0.05) is 0 Å². The molecule has 4 heteroatoms. The second-order valence-electron chi connectivity index (χ2n) is 5.10. The molecule has 2 heterocycles. The fourth-order valence-electron chi connectivity index (χ4n) is 2.59. The summed E-state index contributed by atoms with van der Waals surface area (Å²) in [4.78, 5) is 6.82. The molecule has 1 atom stereocenters. The number of likely N-dealkylation sites (N-methyl/N-ethyl adjacent to an activating group) is 1. The first-order valence-corrected chi connectivity index (χ1v) is 6.61. The van der Waals surface area contributed by atoms with E-state index in [4.69, 9.17) is 10.5 Å². The van der Waals surface area contributed by atoms with Crippen molar-refractivity contribution >= 4 is 5.82 Å². The standard InChI is InChI=1S/C14H23N3O/c1-10-7-11(2)16-14(13(10)8-15)17(3)9-12-5-4-6-18-12/h7,12H,4-6,8-9,15H2,1-3H3. The fraction of sp³-hybridized carbons (Fsp3) is 0.643. The Bertz CT molecular complexity index is 414. The zero-order valence-corrected chi connectivity index (χ0v) is 11.6. The Morgan fingerprint density at radius 3 is 2.89 bits per heavy atom. The molecule has 1 fully saturated rings. The van der Waals surface area contributed by atoms with Crippen molar-refractivity contribution in [2.75, 3.05) is 25.1 Å². The summed E-state index contributed by atoms with van der Waals surface area (Å²) < 4.78 is 5.68. The van der Waals surface area contributed by atoms with Gasteiger partial charge >= 0.3 is 0 Å². The largest absolute Gasteiger partial charge is 0.376 e. The quantitative estimate of drug-likeness (QED) is 0.883. The van der Waals surface area contributed by atoms with Gasteiger partial charge in [-0.25, -0.2) is 4.98 Å². The van der Waals surface area contributed by atoms with E-state index in [1.807, 2.05) is 6.92 Å². The molecule has 4 nitrogen and oxygen atoms in total. The van der Waals surface area contributed by atoms with Gasteiger partial charge < -0.3 is 15.4 Å². The molecule has 0 saturated carbocycles. The van der Waals surface area contributed by atoms with Crippen LogP contribution >= 0.6 is 0 Å². The minimum atomic E-state index is 0.336. The number of anilines is 1. The highest BCUT2D eigenvalue weighted by Crippen LogP contribution is 2.23. The maximum Gasteiger partial charge on any atom is 0.133 e. The van der Waals surface area contributed by atoms with Gasteiger partial charge in [0.15, 0.2) is 0 Å². The van der Waals surface area contributed by atoms with Crippen LogP contribution in [-0.2, 0) is 11.3 Å². The third-order valence-corrected chi connectivity index (χ3v) is 3.52. The Balaban J connectivity index is 2.19. The first-order valence-electron chi connectivity index (χ1n) is 6.61. The van der Waals surface area contributed by atoms with Crippen LogP contribution in [0.1, 0.15) is 29.7 Å². The van der Waals surface area contributed by atoms with Crippen LogP contribution in [0.25, 0.3) is 0 Å². The summed E-state index contributed by atoms with van der Waals surface area (Å²) in [5.41, 5.74) is 9.25. The molecule has 0 radical (unpaired) electrons. The highest BCUT2D eigenvalue weighted by molar-refractivity contribution is 5.51. The van der Waals surface area contributed by atoms with Crippen molar-refractivity contribution in [1.29, 1.82) is 0 Å². The van der Waals surface area contributed by atoms with Gasteiger partial charge in [0.2, 0.25) is 0 Å². The van der Waals surface area contributed by atoms with Crippen molar-refractivity contribution < 1.29 is 4.74 Å². The van der Waals surface area contributed by atoms with Crippen LogP contribution < -0.4 is 10.6 Å². The molecule has 100 valence electrons. The smallest absolute Gasteiger partial charge is 0.133 e. The summed E-state index contributed by atoms with van der Waals surface area (Å²) >= 11 is 0. The van der Waals surface area contributed by atoms with Crippen molar-refractivity contribution in [2.45, 2.75) is 39.3 Å². The molecule has 0 aromatic carbocycles. The lowest BCUT2D eigenvalue weighted by Gasteiger charge is -2.25. The van der Waals surface area contributed by atoms with Crippen molar-refractivity contribution in [1.82, 2.24) is 4.98 Å². The average molecular weight is 249 g/mol.